The Morgan fingerprint density at radius 1 is 1.00 bits per heavy atom. The summed E-state index contributed by atoms with van der Waals surface area (Å²) < 4.78 is 0. The van der Waals surface area contributed by atoms with Gasteiger partial charge in [0, 0.05) is 16.5 Å². The molecule has 2 nitrogen and oxygen atoms in total. The summed E-state index contributed by atoms with van der Waals surface area (Å²) in [5.74, 6) is 0. The predicted octanol–water partition coefficient (Wildman–Crippen LogP) is 3.28. The first kappa shape index (κ1) is 9.16. The van der Waals surface area contributed by atoms with Gasteiger partial charge in [0.25, 0.3) is 0 Å². The summed E-state index contributed by atoms with van der Waals surface area (Å²) in [6.45, 7) is 2.04. The Labute approximate surface area is 93.7 Å². The molecule has 0 aliphatic rings. The molecule has 0 aliphatic carbocycles. The fourth-order valence-corrected chi connectivity index (χ4v) is 2.01. The van der Waals surface area contributed by atoms with Crippen molar-refractivity contribution in [2.45, 2.75) is 6.92 Å². The van der Waals surface area contributed by atoms with E-state index in [1.54, 1.807) is 0 Å². The van der Waals surface area contributed by atoms with Gasteiger partial charge >= 0.3 is 0 Å². The first-order chi connectivity index (χ1) is 7.75. The number of nitrogens with zero attached hydrogens (tertiary/aromatic N) is 1. The van der Waals surface area contributed by atoms with Crippen LogP contribution < -0.4 is 5.73 Å². The third-order valence-electron chi connectivity index (χ3n) is 3.01. The van der Waals surface area contributed by atoms with E-state index in [0.29, 0.717) is 0 Å². The highest BCUT2D eigenvalue weighted by atomic mass is 14.7. The zero-order chi connectivity index (χ0) is 11.1. The summed E-state index contributed by atoms with van der Waals surface area (Å²) in [5, 5.41) is 2.29. The number of aromatic nitrogens is 1. The zero-order valence-corrected chi connectivity index (χ0v) is 9.07. The number of hydrogen-bond acceptors (Lipinski definition) is 2. The van der Waals surface area contributed by atoms with Crippen LogP contribution in [0.1, 0.15) is 5.56 Å². The van der Waals surface area contributed by atoms with Crippen molar-refractivity contribution in [3.05, 3.63) is 48.0 Å². The molecule has 16 heavy (non-hydrogen) atoms. The first-order valence-corrected chi connectivity index (χ1v) is 5.30. The second-order valence-corrected chi connectivity index (χ2v) is 4.03. The molecule has 0 unspecified atom stereocenters. The van der Waals surface area contributed by atoms with E-state index < -0.39 is 0 Å². The molecule has 3 rings (SSSR count). The van der Waals surface area contributed by atoms with Crippen molar-refractivity contribution in [2.75, 3.05) is 5.73 Å². The third-order valence-corrected chi connectivity index (χ3v) is 3.01. The van der Waals surface area contributed by atoms with Crippen molar-refractivity contribution in [2.24, 2.45) is 0 Å². The van der Waals surface area contributed by atoms with Crippen LogP contribution in [0.4, 0.5) is 5.69 Å². The SMILES string of the molecule is Cc1c(N)ccc2nc3ccccc3cc12. The largest absolute Gasteiger partial charge is 0.398 e. The number of nitrogen functional groups attached to an aromatic ring is 1. The maximum Gasteiger partial charge on any atom is 0.0713 e. The minimum atomic E-state index is 0.824. The Balaban J connectivity index is 2.51. The van der Waals surface area contributed by atoms with E-state index in [1.807, 2.05) is 37.3 Å². The number of para-hydroxylation sites is 1. The Morgan fingerprint density at radius 3 is 2.69 bits per heavy atom. The molecule has 0 saturated carbocycles. The quantitative estimate of drug-likeness (QED) is 0.455. The molecule has 0 spiro atoms. The van der Waals surface area contributed by atoms with Crippen molar-refractivity contribution in [3.63, 3.8) is 0 Å². The maximum absolute atomic E-state index is 5.90. The molecule has 0 saturated heterocycles. The van der Waals surface area contributed by atoms with Gasteiger partial charge in [0.15, 0.2) is 0 Å². The average Bonchev–Trinajstić information content (AvgIpc) is 2.32. The van der Waals surface area contributed by atoms with Gasteiger partial charge in [-0.3, -0.25) is 0 Å². The molecule has 0 bridgehead atoms. The first-order valence-electron chi connectivity index (χ1n) is 5.30. The molecular formula is C14H12N2. The molecule has 0 radical (unpaired) electrons. The van der Waals surface area contributed by atoms with Crippen LogP contribution >= 0.6 is 0 Å². The molecule has 2 N–H and O–H groups in total. The van der Waals surface area contributed by atoms with Crippen molar-refractivity contribution >= 4 is 27.5 Å². The summed E-state index contributed by atoms with van der Waals surface area (Å²) in [6, 6.07) is 14.2. The van der Waals surface area contributed by atoms with Crippen molar-refractivity contribution in [1.82, 2.24) is 4.98 Å². The summed E-state index contributed by atoms with van der Waals surface area (Å²) in [5.41, 5.74) is 9.87. The lowest BCUT2D eigenvalue weighted by Gasteiger charge is -2.06. The number of rotatable bonds is 0. The van der Waals surface area contributed by atoms with Crippen LogP contribution in [0.25, 0.3) is 21.8 Å². The van der Waals surface area contributed by atoms with E-state index >= 15 is 0 Å². The highest BCUT2D eigenvalue weighted by molar-refractivity contribution is 5.96. The summed E-state index contributed by atoms with van der Waals surface area (Å²) in [6.07, 6.45) is 0. The molecule has 1 aromatic heterocycles. The minimum absolute atomic E-state index is 0.824. The van der Waals surface area contributed by atoms with Gasteiger partial charge in [-0.25, -0.2) is 4.98 Å². The lowest BCUT2D eigenvalue weighted by atomic mass is 10.1. The highest BCUT2D eigenvalue weighted by Gasteiger charge is 2.03. The van der Waals surface area contributed by atoms with Crippen LogP contribution in [0, 0.1) is 6.92 Å². The van der Waals surface area contributed by atoms with Crippen LogP contribution in [0.2, 0.25) is 0 Å². The monoisotopic (exact) mass is 208 g/mol. The molecular weight excluding hydrogens is 196 g/mol. The van der Waals surface area contributed by atoms with Gasteiger partial charge in [0.2, 0.25) is 0 Å². The fraction of sp³-hybridized carbons (Fsp3) is 0.0714. The molecule has 0 atom stereocenters. The standard InChI is InChI=1S/C14H12N2/c1-9-11-8-10-4-2-3-5-13(10)16-14(11)7-6-12(9)15/h2-8H,15H2,1H3. The summed E-state index contributed by atoms with van der Waals surface area (Å²) >= 11 is 0. The molecule has 2 aromatic carbocycles. The van der Waals surface area contributed by atoms with E-state index in [1.165, 1.54) is 0 Å². The van der Waals surface area contributed by atoms with Gasteiger partial charge in [-0.1, -0.05) is 18.2 Å². The van der Waals surface area contributed by atoms with Gasteiger partial charge in [-0.15, -0.1) is 0 Å². The molecule has 78 valence electrons. The van der Waals surface area contributed by atoms with Gasteiger partial charge in [-0.05, 0) is 36.8 Å². The number of aryl methyl sites for hydroxylation is 1. The molecule has 0 aliphatic heterocycles. The van der Waals surface area contributed by atoms with E-state index in [4.69, 9.17) is 5.73 Å². The molecule has 0 amide bonds. The van der Waals surface area contributed by atoms with Crippen LogP contribution in [-0.4, -0.2) is 4.98 Å². The average molecular weight is 208 g/mol. The number of benzene rings is 2. The molecule has 0 fully saturated rings. The normalized spacial score (nSPS) is 11.1. The smallest absolute Gasteiger partial charge is 0.0713 e. The van der Waals surface area contributed by atoms with Crippen LogP contribution in [0.15, 0.2) is 42.5 Å². The van der Waals surface area contributed by atoms with E-state index in [9.17, 15) is 0 Å². The summed E-state index contributed by atoms with van der Waals surface area (Å²) in [7, 11) is 0. The maximum atomic E-state index is 5.90. The number of fused-ring (bicyclic) bond motifs is 2. The molecule has 3 aromatic rings. The topological polar surface area (TPSA) is 38.9 Å². The predicted molar refractivity (Wildman–Crippen MR) is 68.4 cm³/mol. The lowest BCUT2D eigenvalue weighted by molar-refractivity contribution is 1.46. The lowest BCUT2D eigenvalue weighted by Crippen LogP contribution is -1.91. The van der Waals surface area contributed by atoms with Gasteiger partial charge in [0.1, 0.15) is 0 Å². The molecule has 2 heteroatoms. The second kappa shape index (κ2) is 3.20. The zero-order valence-electron chi connectivity index (χ0n) is 9.07. The highest BCUT2D eigenvalue weighted by Crippen LogP contribution is 2.25. The number of hydrogen-bond donors (Lipinski definition) is 1. The van der Waals surface area contributed by atoms with Gasteiger partial charge in [-0.2, -0.15) is 0 Å². The Hall–Kier alpha value is -2.09. The van der Waals surface area contributed by atoms with Crippen molar-refractivity contribution < 1.29 is 0 Å². The van der Waals surface area contributed by atoms with Gasteiger partial charge < -0.3 is 5.73 Å². The Kier molecular flexibility index (Phi) is 1.83. The Morgan fingerprint density at radius 2 is 1.81 bits per heavy atom. The third kappa shape index (κ3) is 1.23. The van der Waals surface area contributed by atoms with Gasteiger partial charge in [0.05, 0.1) is 11.0 Å². The van der Waals surface area contributed by atoms with Crippen LogP contribution in [0.5, 0.6) is 0 Å². The van der Waals surface area contributed by atoms with E-state index in [2.05, 4.69) is 17.1 Å². The van der Waals surface area contributed by atoms with Crippen molar-refractivity contribution in [3.8, 4) is 0 Å². The van der Waals surface area contributed by atoms with Crippen molar-refractivity contribution in [1.29, 1.82) is 0 Å². The molecule has 1 heterocycles. The van der Waals surface area contributed by atoms with E-state index in [0.717, 1.165) is 33.1 Å². The second-order valence-electron chi connectivity index (χ2n) is 4.03. The number of nitrogens with two attached hydrogens (primary N) is 1. The number of anilines is 1. The van der Waals surface area contributed by atoms with E-state index in [-0.39, 0.29) is 0 Å². The minimum Gasteiger partial charge on any atom is -0.398 e. The van der Waals surface area contributed by atoms with Crippen LogP contribution in [0.3, 0.4) is 0 Å². The fourth-order valence-electron chi connectivity index (χ4n) is 2.01. The number of pyridine rings is 1. The summed E-state index contributed by atoms with van der Waals surface area (Å²) in [4.78, 5) is 4.62. The van der Waals surface area contributed by atoms with Crippen LogP contribution in [-0.2, 0) is 0 Å². The Bertz CT molecular complexity index is 687.